The van der Waals surface area contributed by atoms with Crippen molar-refractivity contribution in [2.75, 3.05) is 6.61 Å². The van der Waals surface area contributed by atoms with Gasteiger partial charge in [-0.05, 0) is 24.6 Å². The molecule has 0 radical (unpaired) electrons. The van der Waals surface area contributed by atoms with Crippen molar-refractivity contribution in [2.24, 2.45) is 0 Å². The Balaban J connectivity index is 2.01. The lowest BCUT2D eigenvalue weighted by molar-refractivity contribution is 0.0699. The Kier molecular flexibility index (Phi) is 4.14. The summed E-state index contributed by atoms with van der Waals surface area (Å²) >= 11 is 0. The van der Waals surface area contributed by atoms with Crippen LogP contribution < -0.4 is 0 Å². The first kappa shape index (κ1) is 15.0. The Bertz CT molecular complexity index is 762. The molecular weight excluding hydrogens is 296 g/mol. The van der Waals surface area contributed by atoms with Gasteiger partial charge in [0, 0.05) is 0 Å². The summed E-state index contributed by atoms with van der Waals surface area (Å²) in [6.45, 7) is 2.37. The van der Waals surface area contributed by atoms with Crippen molar-refractivity contribution in [3.05, 3.63) is 77.9 Å². The number of sulfone groups is 1. The first-order valence-corrected chi connectivity index (χ1v) is 8.77. The molecule has 0 N–H and O–H groups in total. The average molecular weight is 314 g/mol. The van der Waals surface area contributed by atoms with Crippen molar-refractivity contribution in [1.29, 1.82) is 0 Å². The minimum Gasteiger partial charge on any atom is -0.368 e. The summed E-state index contributed by atoms with van der Waals surface area (Å²) < 4.78 is 31.6. The quantitative estimate of drug-likeness (QED) is 0.815. The van der Waals surface area contributed by atoms with Gasteiger partial charge in [-0.25, -0.2) is 8.42 Å². The zero-order valence-corrected chi connectivity index (χ0v) is 13.2. The molecule has 2 atom stereocenters. The molecule has 0 fully saturated rings. The third-order valence-electron chi connectivity index (χ3n) is 3.83. The van der Waals surface area contributed by atoms with E-state index in [0.717, 1.165) is 11.1 Å². The van der Waals surface area contributed by atoms with Crippen LogP contribution in [0.3, 0.4) is 0 Å². The molecule has 0 unspecified atom stereocenters. The molecule has 3 rings (SSSR count). The van der Waals surface area contributed by atoms with Crippen LogP contribution in [0, 0.1) is 6.92 Å². The highest BCUT2D eigenvalue weighted by Crippen LogP contribution is 2.33. The molecule has 0 bridgehead atoms. The highest BCUT2D eigenvalue weighted by atomic mass is 32.2. The molecule has 114 valence electrons. The fraction of sp³-hybridized carbons (Fsp3) is 0.222. The molecule has 0 aliphatic carbocycles. The number of rotatable bonds is 3. The molecular formula is C18H18O3S. The predicted molar refractivity (Wildman–Crippen MR) is 86.4 cm³/mol. The van der Waals surface area contributed by atoms with E-state index in [0.29, 0.717) is 11.5 Å². The molecule has 0 amide bonds. The van der Waals surface area contributed by atoms with Crippen LogP contribution >= 0.6 is 0 Å². The number of aryl methyl sites for hydroxylation is 1. The normalized spacial score (nSPS) is 21.7. The first-order chi connectivity index (χ1) is 10.6. The van der Waals surface area contributed by atoms with Gasteiger partial charge in [-0.15, -0.1) is 0 Å². The van der Waals surface area contributed by atoms with E-state index in [2.05, 4.69) is 0 Å². The highest BCUT2D eigenvalue weighted by Gasteiger charge is 2.35. The van der Waals surface area contributed by atoms with E-state index in [4.69, 9.17) is 4.74 Å². The van der Waals surface area contributed by atoms with E-state index in [1.165, 1.54) is 0 Å². The van der Waals surface area contributed by atoms with Crippen molar-refractivity contribution in [2.45, 2.75) is 23.2 Å². The fourth-order valence-corrected chi connectivity index (χ4v) is 4.33. The predicted octanol–water partition coefficient (Wildman–Crippen LogP) is 3.47. The van der Waals surface area contributed by atoms with E-state index < -0.39 is 21.2 Å². The standard InChI is InChI=1S/C18H18O3S/c1-14-9-11-16(12-10-14)22(19,20)17-8-5-13-21-18(17)15-6-3-2-4-7-15/h2-12,17-18H,13H2,1H3/t17-,18+/m1/s1. The van der Waals surface area contributed by atoms with Gasteiger partial charge in [0.05, 0.1) is 11.5 Å². The number of hydrogen-bond acceptors (Lipinski definition) is 3. The summed E-state index contributed by atoms with van der Waals surface area (Å²) in [5.74, 6) is 0. The van der Waals surface area contributed by atoms with Crippen LogP contribution in [0.4, 0.5) is 0 Å². The van der Waals surface area contributed by atoms with Crippen LogP contribution in [-0.2, 0) is 14.6 Å². The van der Waals surface area contributed by atoms with Gasteiger partial charge in [-0.3, -0.25) is 0 Å². The van der Waals surface area contributed by atoms with Gasteiger partial charge in [0.2, 0.25) is 0 Å². The maximum absolute atomic E-state index is 13.0. The molecule has 2 aromatic carbocycles. The zero-order chi connectivity index (χ0) is 15.6. The zero-order valence-electron chi connectivity index (χ0n) is 12.3. The maximum atomic E-state index is 13.0. The minimum atomic E-state index is -3.49. The van der Waals surface area contributed by atoms with E-state index in [1.54, 1.807) is 24.3 Å². The monoisotopic (exact) mass is 314 g/mol. The van der Waals surface area contributed by atoms with Crippen LogP contribution in [0.25, 0.3) is 0 Å². The molecule has 4 heteroatoms. The van der Waals surface area contributed by atoms with Gasteiger partial charge < -0.3 is 4.74 Å². The Morgan fingerprint density at radius 3 is 2.36 bits per heavy atom. The molecule has 0 spiro atoms. The maximum Gasteiger partial charge on any atom is 0.187 e. The van der Waals surface area contributed by atoms with E-state index in [1.807, 2.05) is 49.4 Å². The first-order valence-electron chi connectivity index (χ1n) is 7.23. The summed E-state index contributed by atoms with van der Waals surface area (Å²) in [5, 5.41) is -0.702. The number of ether oxygens (including phenoxy) is 1. The third kappa shape index (κ3) is 2.85. The SMILES string of the molecule is Cc1ccc(S(=O)(=O)[C@@H]2C=CCO[C@H]2c2ccccc2)cc1. The smallest absolute Gasteiger partial charge is 0.187 e. The number of benzene rings is 2. The van der Waals surface area contributed by atoms with Gasteiger partial charge in [0.1, 0.15) is 11.4 Å². The van der Waals surface area contributed by atoms with E-state index >= 15 is 0 Å². The van der Waals surface area contributed by atoms with Gasteiger partial charge in [0.25, 0.3) is 0 Å². The van der Waals surface area contributed by atoms with Gasteiger partial charge in [0.15, 0.2) is 9.84 Å². The molecule has 2 aromatic rings. The molecule has 3 nitrogen and oxygen atoms in total. The number of hydrogen-bond donors (Lipinski definition) is 0. The molecule has 0 saturated heterocycles. The highest BCUT2D eigenvalue weighted by molar-refractivity contribution is 7.92. The van der Waals surface area contributed by atoms with Crippen molar-refractivity contribution < 1.29 is 13.2 Å². The van der Waals surface area contributed by atoms with Crippen molar-refractivity contribution in [1.82, 2.24) is 0 Å². The van der Waals surface area contributed by atoms with Crippen LogP contribution in [-0.4, -0.2) is 20.3 Å². The summed E-state index contributed by atoms with van der Waals surface area (Å²) in [4.78, 5) is 0.333. The molecule has 0 saturated carbocycles. The molecule has 22 heavy (non-hydrogen) atoms. The summed E-state index contributed by atoms with van der Waals surface area (Å²) in [5.41, 5.74) is 1.92. The fourth-order valence-electron chi connectivity index (χ4n) is 2.62. The van der Waals surface area contributed by atoms with Crippen LogP contribution in [0.2, 0.25) is 0 Å². The van der Waals surface area contributed by atoms with E-state index in [-0.39, 0.29) is 0 Å². The lowest BCUT2D eigenvalue weighted by atomic mass is 10.0. The van der Waals surface area contributed by atoms with Crippen molar-refractivity contribution >= 4 is 9.84 Å². The molecule has 1 aliphatic rings. The lowest BCUT2D eigenvalue weighted by Gasteiger charge is -2.28. The van der Waals surface area contributed by atoms with Crippen LogP contribution in [0.15, 0.2) is 71.6 Å². The van der Waals surface area contributed by atoms with Crippen molar-refractivity contribution in [3.63, 3.8) is 0 Å². The summed E-state index contributed by atoms with van der Waals surface area (Å²) in [6.07, 6.45) is 3.05. The van der Waals surface area contributed by atoms with Crippen LogP contribution in [0.5, 0.6) is 0 Å². The lowest BCUT2D eigenvalue weighted by Crippen LogP contribution is -2.31. The van der Waals surface area contributed by atoms with Gasteiger partial charge in [-0.1, -0.05) is 60.2 Å². The third-order valence-corrected chi connectivity index (χ3v) is 5.88. The molecule has 0 aromatic heterocycles. The summed E-state index contributed by atoms with van der Waals surface area (Å²) in [6, 6.07) is 16.5. The second-order valence-electron chi connectivity index (χ2n) is 5.42. The average Bonchev–Trinajstić information content (AvgIpc) is 2.56. The summed E-state index contributed by atoms with van der Waals surface area (Å²) in [7, 11) is -3.49. The minimum absolute atomic E-state index is 0.333. The Morgan fingerprint density at radius 2 is 1.68 bits per heavy atom. The van der Waals surface area contributed by atoms with Gasteiger partial charge in [-0.2, -0.15) is 0 Å². The Morgan fingerprint density at radius 1 is 1.00 bits per heavy atom. The van der Waals surface area contributed by atoms with E-state index in [9.17, 15) is 8.42 Å². The second-order valence-corrected chi connectivity index (χ2v) is 7.52. The second kappa shape index (κ2) is 6.07. The van der Waals surface area contributed by atoms with Gasteiger partial charge >= 0.3 is 0 Å². The Hall–Kier alpha value is -1.91. The largest absolute Gasteiger partial charge is 0.368 e. The Labute approximate surface area is 131 Å². The van der Waals surface area contributed by atoms with Crippen LogP contribution in [0.1, 0.15) is 17.2 Å². The molecule has 1 heterocycles. The molecule has 1 aliphatic heterocycles. The topological polar surface area (TPSA) is 43.4 Å². The van der Waals surface area contributed by atoms with Crippen molar-refractivity contribution in [3.8, 4) is 0 Å².